The van der Waals surface area contributed by atoms with Gasteiger partial charge in [0.25, 0.3) is 0 Å². The number of piperazine rings is 1. The van der Waals surface area contributed by atoms with Gasteiger partial charge in [0, 0.05) is 61.2 Å². The number of rotatable bonds is 5. The van der Waals surface area contributed by atoms with Crippen LogP contribution in [0.3, 0.4) is 0 Å². The first-order valence-corrected chi connectivity index (χ1v) is 12.1. The molecule has 5 aromatic rings. The molecule has 9 heteroatoms. The molecule has 0 aliphatic carbocycles. The normalized spacial score (nSPS) is 15.0. The first-order valence-electron chi connectivity index (χ1n) is 12.1. The quantitative estimate of drug-likeness (QED) is 0.392. The second-order valence-corrected chi connectivity index (χ2v) is 9.10. The highest BCUT2D eigenvalue weighted by Crippen LogP contribution is 2.33. The van der Waals surface area contributed by atoms with Crippen molar-refractivity contribution in [3.8, 4) is 0 Å². The zero-order valence-corrected chi connectivity index (χ0v) is 20.3. The summed E-state index contributed by atoms with van der Waals surface area (Å²) in [6, 6.07) is 15.1. The van der Waals surface area contributed by atoms with Gasteiger partial charge in [0.15, 0.2) is 5.65 Å². The summed E-state index contributed by atoms with van der Waals surface area (Å²) in [7, 11) is 0. The van der Waals surface area contributed by atoms with Gasteiger partial charge >= 0.3 is 0 Å². The van der Waals surface area contributed by atoms with E-state index in [4.69, 9.17) is 4.98 Å². The predicted molar refractivity (Wildman–Crippen MR) is 140 cm³/mol. The third-order valence-corrected chi connectivity index (χ3v) is 6.86. The number of aryl methyl sites for hydroxylation is 1. The van der Waals surface area contributed by atoms with Crippen molar-refractivity contribution in [2.45, 2.75) is 19.9 Å². The van der Waals surface area contributed by atoms with E-state index in [9.17, 15) is 4.39 Å². The molecule has 1 unspecified atom stereocenters. The van der Waals surface area contributed by atoms with Crippen LogP contribution < -0.4 is 15.1 Å². The number of nitrogens with zero attached hydrogens (tertiary/aromatic N) is 7. The Labute approximate surface area is 208 Å². The summed E-state index contributed by atoms with van der Waals surface area (Å²) in [5.41, 5.74) is 3.10. The zero-order chi connectivity index (χ0) is 24.6. The van der Waals surface area contributed by atoms with Crippen LogP contribution in [0.25, 0.3) is 16.6 Å². The molecule has 4 aromatic heterocycles. The second kappa shape index (κ2) is 9.07. The van der Waals surface area contributed by atoms with Crippen molar-refractivity contribution in [2.75, 3.05) is 41.3 Å². The van der Waals surface area contributed by atoms with Crippen LogP contribution in [-0.4, -0.2) is 50.7 Å². The van der Waals surface area contributed by atoms with E-state index in [0.29, 0.717) is 11.1 Å². The Morgan fingerprint density at radius 2 is 1.75 bits per heavy atom. The minimum Gasteiger partial charge on any atom is -0.363 e. The standard InChI is InChI=1S/C27H27FN8/c1-18-22(28)7-6-20-17-21(19(2)32-25-8-11-30-24-9-12-31-36(24)25)27(33-26(18)20)35-15-13-34(14-16-35)23-5-3-4-10-29-23/h3-12,17,19,32H,13-16H2,1-2H3. The van der Waals surface area contributed by atoms with E-state index < -0.39 is 0 Å². The summed E-state index contributed by atoms with van der Waals surface area (Å²) in [5, 5.41) is 8.91. The molecule has 6 rings (SSSR count). The molecule has 1 aromatic carbocycles. The number of fused-ring (bicyclic) bond motifs is 2. The highest BCUT2D eigenvalue weighted by atomic mass is 19.1. The molecule has 0 saturated carbocycles. The predicted octanol–water partition coefficient (Wildman–Crippen LogP) is 4.62. The largest absolute Gasteiger partial charge is 0.363 e. The Balaban J connectivity index is 1.36. The number of nitrogens with one attached hydrogen (secondary N) is 1. The molecule has 0 amide bonds. The molecule has 0 radical (unpaired) electrons. The SMILES string of the molecule is Cc1c(F)ccc2cc(C(C)Nc3ccnc4ccnn34)c(N3CCN(c4ccccn4)CC3)nc12. The van der Waals surface area contributed by atoms with Gasteiger partial charge in [0.1, 0.15) is 23.3 Å². The number of aromatic nitrogens is 5. The lowest BCUT2D eigenvalue weighted by atomic mass is 10.0. The molecular weight excluding hydrogens is 455 g/mol. The highest BCUT2D eigenvalue weighted by molar-refractivity contribution is 5.85. The lowest BCUT2D eigenvalue weighted by molar-refractivity contribution is 0.620. The molecule has 0 bridgehead atoms. The van der Waals surface area contributed by atoms with Crippen molar-refractivity contribution >= 4 is 34.0 Å². The van der Waals surface area contributed by atoms with Gasteiger partial charge in [-0.2, -0.15) is 9.61 Å². The van der Waals surface area contributed by atoms with Gasteiger partial charge in [0.2, 0.25) is 0 Å². The van der Waals surface area contributed by atoms with Crippen LogP contribution in [-0.2, 0) is 0 Å². The van der Waals surface area contributed by atoms with E-state index >= 15 is 0 Å². The third-order valence-electron chi connectivity index (χ3n) is 6.86. The molecule has 1 fully saturated rings. The smallest absolute Gasteiger partial charge is 0.157 e. The summed E-state index contributed by atoms with van der Waals surface area (Å²) in [6.45, 7) is 7.16. The molecule has 8 nitrogen and oxygen atoms in total. The number of anilines is 3. The van der Waals surface area contributed by atoms with Crippen LogP contribution in [0.4, 0.5) is 21.8 Å². The highest BCUT2D eigenvalue weighted by Gasteiger charge is 2.24. The van der Waals surface area contributed by atoms with E-state index in [1.54, 1.807) is 23.8 Å². The Hall–Kier alpha value is -4.27. The van der Waals surface area contributed by atoms with E-state index in [-0.39, 0.29) is 11.9 Å². The third kappa shape index (κ3) is 3.96. The van der Waals surface area contributed by atoms with E-state index in [1.165, 1.54) is 6.07 Å². The molecule has 1 N–H and O–H groups in total. The van der Waals surface area contributed by atoms with E-state index in [1.807, 2.05) is 42.6 Å². The first kappa shape index (κ1) is 22.2. The Kier molecular flexibility index (Phi) is 5.59. The first-order chi connectivity index (χ1) is 17.6. The second-order valence-electron chi connectivity index (χ2n) is 9.10. The maximum atomic E-state index is 14.4. The molecule has 1 saturated heterocycles. The van der Waals surface area contributed by atoms with Crippen molar-refractivity contribution in [3.05, 3.63) is 84.1 Å². The van der Waals surface area contributed by atoms with Crippen molar-refractivity contribution in [3.63, 3.8) is 0 Å². The van der Waals surface area contributed by atoms with Crippen LogP contribution >= 0.6 is 0 Å². The van der Waals surface area contributed by atoms with Gasteiger partial charge in [-0.1, -0.05) is 6.07 Å². The van der Waals surface area contributed by atoms with Crippen molar-refractivity contribution < 1.29 is 4.39 Å². The van der Waals surface area contributed by atoms with Gasteiger partial charge in [0.05, 0.1) is 17.8 Å². The molecule has 36 heavy (non-hydrogen) atoms. The topological polar surface area (TPSA) is 74.5 Å². The summed E-state index contributed by atoms with van der Waals surface area (Å²) in [4.78, 5) is 18.5. The number of benzene rings is 1. The van der Waals surface area contributed by atoms with Gasteiger partial charge in [-0.25, -0.2) is 19.3 Å². The Morgan fingerprint density at radius 1 is 0.917 bits per heavy atom. The van der Waals surface area contributed by atoms with Crippen molar-refractivity contribution in [1.82, 2.24) is 24.6 Å². The fourth-order valence-electron chi connectivity index (χ4n) is 4.87. The monoisotopic (exact) mass is 482 g/mol. The minimum absolute atomic E-state index is 0.0779. The van der Waals surface area contributed by atoms with Gasteiger partial charge < -0.3 is 15.1 Å². The number of hydrogen-bond donors (Lipinski definition) is 1. The maximum absolute atomic E-state index is 14.4. The van der Waals surface area contributed by atoms with Crippen LogP contribution in [0, 0.1) is 12.7 Å². The molecule has 1 atom stereocenters. The average molecular weight is 483 g/mol. The number of halogens is 1. The van der Waals surface area contributed by atoms with Gasteiger partial charge in [-0.15, -0.1) is 0 Å². The lowest BCUT2D eigenvalue weighted by Gasteiger charge is -2.37. The molecular formula is C27H27FN8. The summed E-state index contributed by atoms with van der Waals surface area (Å²) in [6.07, 6.45) is 5.33. The minimum atomic E-state index is -0.238. The molecule has 182 valence electrons. The maximum Gasteiger partial charge on any atom is 0.157 e. The summed E-state index contributed by atoms with van der Waals surface area (Å²) < 4.78 is 16.2. The average Bonchev–Trinajstić information content (AvgIpc) is 3.41. The number of pyridine rings is 2. The van der Waals surface area contributed by atoms with Gasteiger partial charge in [-0.3, -0.25) is 0 Å². The van der Waals surface area contributed by atoms with Crippen LogP contribution in [0.1, 0.15) is 24.1 Å². The van der Waals surface area contributed by atoms with Crippen LogP contribution in [0.5, 0.6) is 0 Å². The zero-order valence-electron chi connectivity index (χ0n) is 20.3. The number of hydrogen-bond acceptors (Lipinski definition) is 7. The lowest BCUT2D eigenvalue weighted by Crippen LogP contribution is -2.47. The summed E-state index contributed by atoms with van der Waals surface area (Å²) in [5.74, 6) is 2.47. The Morgan fingerprint density at radius 3 is 2.56 bits per heavy atom. The fraction of sp³-hybridized carbons (Fsp3) is 0.259. The van der Waals surface area contributed by atoms with Crippen molar-refractivity contribution in [2.24, 2.45) is 0 Å². The Bertz CT molecular complexity index is 1530. The molecule has 5 heterocycles. The summed E-state index contributed by atoms with van der Waals surface area (Å²) >= 11 is 0. The molecule has 1 aliphatic heterocycles. The molecule has 0 spiro atoms. The van der Waals surface area contributed by atoms with Crippen LogP contribution in [0.2, 0.25) is 0 Å². The van der Waals surface area contributed by atoms with E-state index in [0.717, 1.165) is 60.2 Å². The van der Waals surface area contributed by atoms with Crippen molar-refractivity contribution in [1.29, 1.82) is 0 Å². The van der Waals surface area contributed by atoms with E-state index in [2.05, 4.69) is 43.2 Å². The van der Waals surface area contributed by atoms with Gasteiger partial charge in [-0.05, 0) is 50.2 Å². The van der Waals surface area contributed by atoms with Crippen LogP contribution in [0.15, 0.2) is 67.1 Å². The fourth-order valence-corrected chi connectivity index (χ4v) is 4.87. The molecule has 1 aliphatic rings.